The minimum Gasteiger partial charge on any atom is -0.266 e. The van der Waals surface area contributed by atoms with Gasteiger partial charge in [-0.25, -0.2) is 4.99 Å². The quantitative estimate of drug-likeness (QED) is 0.440. The van der Waals surface area contributed by atoms with E-state index in [1.807, 2.05) is 48.5 Å². The van der Waals surface area contributed by atoms with Gasteiger partial charge in [0, 0.05) is 15.6 Å². The second-order valence-corrected chi connectivity index (χ2v) is 7.34. The van der Waals surface area contributed by atoms with Gasteiger partial charge in [0.1, 0.15) is 11.5 Å². The maximum Gasteiger partial charge on any atom is 0.282 e. The lowest BCUT2D eigenvalue weighted by atomic mass is 10.1. The number of nitrogens with zero attached hydrogens (tertiary/aromatic N) is 2. The van der Waals surface area contributed by atoms with E-state index >= 15 is 0 Å². The summed E-state index contributed by atoms with van der Waals surface area (Å²) in [6.45, 7) is 0. The molecule has 3 nitrogen and oxygen atoms in total. The van der Waals surface area contributed by atoms with Crippen LogP contribution in [0, 0.1) is 0 Å². The van der Waals surface area contributed by atoms with Crippen LogP contribution in [0.2, 0.25) is 15.1 Å². The predicted octanol–water partition coefficient (Wildman–Crippen LogP) is 6.48. The van der Waals surface area contributed by atoms with Gasteiger partial charge in [0.25, 0.3) is 5.91 Å². The number of carbonyl (C=O) groups excluding carboxylic acids is 1. The minimum atomic E-state index is -0.257. The molecule has 0 N–H and O–H groups in total. The van der Waals surface area contributed by atoms with Crippen LogP contribution >= 0.6 is 34.8 Å². The lowest BCUT2D eigenvalue weighted by Crippen LogP contribution is -2.32. The Morgan fingerprint density at radius 2 is 1.54 bits per heavy atom. The van der Waals surface area contributed by atoms with Crippen molar-refractivity contribution in [2.24, 2.45) is 4.99 Å². The van der Waals surface area contributed by atoms with E-state index in [4.69, 9.17) is 34.8 Å². The van der Waals surface area contributed by atoms with Crippen LogP contribution in [0.5, 0.6) is 0 Å². The van der Waals surface area contributed by atoms with Crippen molar-refractivity contribution in [2.45, 2.75) is 0 Å². The highest BCUT2D eigenvalue weighted by Gasteiger charge is 2.33. The summed E-state index contributed by atoms with van der Waals surface area (Å²) in [5.41, 5.74) is 2.30. The third-order valence-corrected chi connectivity index (χ3v) is 5.14. The summed E-state index contributed by atoms with van der Waals surface area (Å²) in [5.74, 6) is 0.213. The Kier molecular flexibility index (Phi) is 5.23. The summed E-state index contributed by atoms with van der Waals surface area (Å²) < 4.78 is 0. The molecule has 1 aliphatic rings. The molecule has 0 atom stereocenters. The molecule has 0 unspecified atom stereocenters. The summed E-state index contributed by atoms with van der Waals surface area (Å²) in [5, 5.41) is 1.48. The van der Waals surface area contributed by atoms with Gasteiger partial charge < -0.3 is 0 Å². The number of benzene rings is 3. The number of carbonyl (C=O) groups is 1. The van der Waals surface area contributed by atoms with Crippen LogP contribution in [0.3, 0.4) is 0 Å². The average Bonchev–Trinajstić information content (AvgIpc) is 3.01. The molecule has 0 saturated heterocycles. The summed E-state index contributed by atoms with van der Waals surface area (Å²) in [7, 11) is 0. The van der Waals surface area contributed by atoms with Crippen LogP contribution in [-0.4, -0.2) is 11.7 Å². The molecular weight excluding hydrogens is 415 g/mol. The van der Waals surface area contributed by atoms with E-state index in [2.05, 4.69) is 4.99 Å². The number of rotatable bonds is 3. The van der Waals surface area contributed by atoms with E-state index in [9.17, 15) is 4.79 Å². The van der Waals surface area contributed by atoms with Crippen LogP contribution in [0.25, 0.3) is 6.08 Å². The lowest BCUT2D eigenvalue weighted by molar-refractivity contribution is -0.113. The molecule has 0 aliphatic carbocycles. The van der Waals surface area contributed by atoms with Gasteiger partial charge in [-0.3, -0.25) is 9.69 Å². The highest BCUT2D eigenvalue weighted by atomic mass is 35.5. The first kappa shape index (κ1) is 18.8. The van der Waals surface area contributed by atoms with Crippen molar-refractivity contribution in [3.63, 3.8) is 0 Å². The predicted molar refractivity (Wildman–Crippen MR) is 116 cm³/mol. The first-order valence-electron chi connectivity index (χ1n) is 8.44. The maximum atomic E-state index is 13.2. The van der Waals surface area contributed by atoms with Gasteiger partial charge in [0.2, 0.25) is 0 Å². The first-order valence-corrected chi connectivity index (χ1v) is 9.58. The van der Waals surface area contributed by atoms with Gasteiger partial charge in [0.05, 0.1) is 10.7 Å². The number of amides is 1. The first-order chi connectivity index (χ1) is 13.5. The molecule has 0 saturated carbocycles. The van der Waals surface area contributed by atoms with Crippen molar-refractivity contribution >= 4 is 58.3 Å². The third-order valence-electron chi connectivity index (χ3n) is 4.24. The van der Waals surface area contributed by atoms with Gasteiger partial charge in [-0.2, -0.15) is 0 Å². The number of para-hydroxylation sites is 1. The average molecular weight is 428 g/mol. The van der Waals surface area contributed by atoms with E-state index < -0.39 is 0 Å². The molecule has 0 bridgehead atoms. The van der Waals surface area contributed by atoms with Crippen molar-refractivity contribution in [3.8, 4) is 0 Å². The van der Waals surface area contributed by atoms with Gasteiger partial charge >= 0.3 is 0 Å². The molecule has 138 valence electrons. The SMILES string of the molecule is O=C1/C(=C\c2ccc(Cl)cc2Cl)N=C(c2ccccc2Cl)N1c1ccccc1. The Hall–Kier alpha value is -2.59. The maximum absolute atomic E-state index is 13.2. The molecule has 28 heavy (non-hydrogen) atoms. The number of hydrogen-bond acceptors (Lipinski definition) is 2. The molecule has 0 aromatic heterocycles. The summed E-state index contributed by atoms with van der Waals surface area (Å²) >= 11 is 18.6. The van der Waals surface area contributed by atoms with Crippen LogP contribution in [-0.2, 0) is 4.79 Å². The molecule has 1 heterocycles. The Labute approximate surface area is 177 Å². The number of aliphatic imine (C=N–C) groups is 1. The van der Waals surface area contributed by atoms with Gasteiger partial charge in [-0.05, 0) is 48.0 Å². The van der Waals surface area contributed by atoms with E-state index in [0.29, 0.717) is 37.7 Å². The largest absolute Gasteiger partial charge is 0.282 e. The molecule has 0 spiro atoms. The van der Waals surface area contributed by atoms with Gasteiger partial charge in [-0.15, -0.1) is 0 Å². The van der Waals surface area contributed by atoms with Gasteiger partial charge in [-0.1, -0.05) is 71.2 Å². The van der Waals surface area contributed by atoms with Crippen LogP contribution in [0.1, 0.15) is 11.1 Å². The molecule has 6 heteroatoms. The molecule has 4 rings (SSSR count). The molecule has 1 amide bonds. The van der Waals surface area contributed by atoms with Gasteiger partial charge in [0.15, 0.2) is 0 Å². The molecule has 3 aromatic carbocycles. The van der Waals surface area contributed by atoms with Crippen molar-refractivity contribution in [1.82, 2.24) is 0 Å². The van der Waals surface area contributed by atoms with Crippen molar-refractivity contribution in [1.29, 1.82) is 0 Å². The van der Waals surface area contributed by atoms with Crippen molar-refractivity contribution < 1.29 is 4.79 Å². The Bertz CT molecular complexity index is 1120. The normalized spacial score (nSPS) is 15.2. The number of amidine groups is 1. The smallest absolute Gasteiger partial charge is 0.266 e. The topological polar surface area (TPSA) is 32.7 Å². The number of anilines is 1. The molecule has 0 fully saturated rings. The highest BCUT2D eigenvalue weighted by molar-refractivity contribution is 6.40. The molecule has 0 radical (unpaired) electrons. The number of hydrogen-bond donors (Lipinski definition) is 0. The summed E-state index contributed by atoms with van der Waals surface area (Å²) in [4.78, 5) is 19.4. The fourth-order valence-electron chi connectivity index (χ4n) is 2.92. The molecule has 1 aliphatic heterocycles. The fourth-order valence-corrected chi connectivity index (χ4v) is 3.61. The number of halogens is 3. The van der Waals surface area contributed by atoms with Crippen LogP contribution in [0.4, 0.5) is 5.69 Å². The van der Waals surface area contributed by atoms with E-state index in [1.54, 1.807) is 35.2 Å². The standard InChI is InChI=1S/C22H13Cl3N2O/c23-15-11-10-14(19(25)13-15)12-20-22(28)27(16-6-2-1-3-7-16)21(26-20)17-8-4-5-9-18(17)24/h1-13H/b20-12+. The van der Waals surface area contributed by atoms with E-state index in [0.717, 1.165) is 0 Å². The fraction of sp³-hybridized carbons (Fsp3) is 0. The van der Waals surface area contributed by atoms with E-state index in [1.165, 1.54) is 0 Å². The Morgan fingerprint density at radius 1 is 0.821 bits per heavy atom. The van der Waals surface area contributed by atoms with Crippen molar-refractivity contribution in [2.75, 3.05) is 4.90 Å². The summed E-state index contributed by atoms with van der Waals surface area (Å²) in [6, 6.07) is 21.7. The van der Waals surface area contributed by atoms with Crippen molar-refractivity contribution in [3.05, 3.63) is 105 Å². The Morgan fingerprint density at radius 3 is 2.25 bits per heavy atom. The van der Waals surface area contributed by atoms with Crippen LogP contribution in [0.15, 0.2) is 83.5 Å². The lowest BCUT2D eigenvalue weighted by Gasteiger charge is -2.19. The zero-order valence-electron chi connectivity index (χ0n) is 14.4. The highest BCUT2D eigenvalue weighted by Crippen LogP contribution is 2.31. The second kappa shape index (κ2) is 7.80. The zero-order valence-corrected chi connectivity index (χ0v) is 16.7. The van der Waals surface area contributed by atoms with E-state index in [-0.39, 0.29) is 11.6 Å². The van der Waals surface area contributed by atoms with Crippen LogP contribution < -0.4 is 4.90 Å². The monoisotopic (exact) mass is 426 g/mol. The molecule has 3 aromatic rings. The minimum absolute atomic E-state index is 0.257. The second-order valence-electron chi connectivity index (χ2n) is 6.09. The Balaban J connectivity index is 1.86. The summed E-state index contributed by atoms with van der Waals surface area (Å²) in [6.07, 6.45) is 1.65. The zero-order chi connectivity index (χ0) is 19.7. The molecular formula is C22H13Cl3N2O. The third kappa shape index (κ3) is 3.57.